The number of hydrogen-bond acceptors (Lipinski definition) is 6. The molecule has 32 heavy (non-hydrogen) atoms. The summed E-state index contributed by atoms with van der Waals surface area (Å²) in [6.45, 7) is 0.329. The van der Waals surface area contributed by atoms with Gasteiger partial charge < -0.3 is 15.2 Å². The lowest BCUT2D eigenvalue weighted by Gasteiger charge is -2.13. The van der Waals surface area contributed by atoms with Gasteiger partial charge in [0, 0.05) is 24.6 Å². The van der Waals surface area contributed by atoms with E-state index in [1.165, 1.54) is 23.1 Å². The maximum atomic E-state index is 13.0. The molecule has 3 aromatic rings. The summed E-state index contributed by atoms with van der Waals surface area (Å²) in [5.74, 6) is -0.790. The average molecular weight is 476 g/mol. The van der Waals surface area contributed by atoms with Crippen LogP contribution >= 0.6 is 11.6 Å². The van der Waals surface area contributed by atoms with E-state index in [9.17, 15) is 22.4 Å². The van der Waals surface area contributed by atoms with Crippen LogP contribution in [0.5, 0.6) is 5.88 Å². The van der Waals surface area contributed by atoms with Crippen molar-refractivity contribution in [3.63, 3.8) is 0 Å². The van der Waals surface area contributed by atoms with Gasteiger partial charge in [-0.15, -0.1) is 0 Å². The molecule has 0 radical (unpaired) electrons. The predicted octanol–water partition coefficient (Wildman–Crippen LogP) is 2.92. The van der Waals surface area contributed by atoms with Gasteiger partial charge >= 0.3 is 6.18 Å². The number of rotatable bonds is 8. The highest BCUT2D eigenvalue weighted by atomic mass is 35.5. The smallest absolute Gasteiger partial charge is 0.423 e. The highest BCUT2D eigenvalue weighted by Gasteiger charge is 2.40. The van der Waals surface area contributed by atoms with Crippen LogP contribution in [-0.2, 0) is 6.54 Å². The minimum atomic E-state index is -5.03. The molecule has 0 spiro atoms. The van der Waals surface area contributed by atoms with E-state index in [1.54, 1.807) is 19.2 Å². The van der Waals surface area contributed by atoms with Crippen LogP contribution in [0.4, 0.5) is 17.6 Å². The zero-order chi connectivity index (χ0) is 23.5. The fraction of sp³-hybridized carbons (Fsp3) is 0.368. The number of aliphatic hydroxyl groups excluding tert-OH is 1. The van der Waals surface area contributed by atoms with E-state index in [4.69, 9.17) is 21.4 Å². The number of halogens is 5. The van der Waals surface area contributed by atoms with Crippen LogP contribution < -0.4 is 10.1 Å². The van der Waals surface area contributed by atoms with E-state index in [-0.39, 0.29) is 29.7 Å². The fourth-order valence-corrected chi connectivity index (χ4v) is 2.93. The van der Waals surface area contributed by atoms with Gasteiger partial charge in [0.2, 0.25) is 12.1 Å². The minimum absolute atomic E-state index is 0.0895. The van der Waals surface area contributed by atoms with Crippen molar-refractivity contribution in [3.8, 4) is 5.88 Å². The number of ether oxygens (including phenoxy) is 1. The van der Waals surface area contributed by atoms with Gasteiger partial charge in [-0.25, -0.2) is 9.37 Å². The zero-order valence-electron chi connectivity index (χ0n) is 16.6. The van der Waals surface area contributed by atoms with Gasteiger partial charge in [-0.3, -0.25) is 14.5 Å². The van der Waals surface area contributed by atoms with Crippen molar-refractivity contribution in [2.45, 2.75) is 31.9 Å². The normalized spacial score (nSPS) is 13.7. The Hall–Kier alpha value is -2.99. The Kier molecular flexibility index (Phi) is 7.14. The van der Waals surface area contributed by atoms with E-state index >= 15 is 0 Å². The molecular weight excluding hydrogens is 458 g/mol. The summed E-state index contributed by atoms with van der Waals surface area (Å²) >= 11 is 6.00. The Balaban J connectivity index is 1.75. The largest absolute Gasteiger partial charge is 0.473 e. The first-order chi connectivity index (χ1) is 15.1. The summed E-state index contributed by atoms with van der Waals surface area (Å²) in [6.07, 6.45) is -3.85. The van der Waals surface area contributed by atoms with E-state index in [2.05, 4.69) is 20.4 Å². The number of pyridine rings is 2. The predicted molar refractivity (Wildman–Crippen MR) is 106 cm³/mol. The number of carbonyl (C=O) groups is 1. The van der Waals surface area contributed by atoms with Crippen LogP contribution in [0.25, 0.3) is 10.9 Å². The quantitative estimate of drug-likeness (QED) is 0.486. The van der Waals surface area contributed by atoms with Crippen LogP contribution in [0.2, 0.25) is 5.02 Å². The first-order valence-corrected chi connectivity index (χ1v) is 9.68. The third-order valence-electron chi connectivity index (χ3n) is 4.28. The third kappa shape index (κ3) is 5.62. The SMILES string of the molecule is C[C@@H](CO)NC(=O)c1nccc2nn(Cc3cnc(OC[C@H](F)C(F)(F)F)c(Cl)c3)cc12. The van der Waals surface area contributed by atoms with E-state index in [0.29, 0.717) is 16.5 Å². The summed E-state index contributed by atoms with van der Waals surface area (Å²) < 4.78 is 56.0. The Morgan fingerprint density at radius 2 is 2.12 bits per heavy atom. The summed E-state index contributed by atoms with van der Waals surface area (Å²) in [7, 11) is 0. The lowest BCUT2D eigenvalue weighted by atomic mass is 10.2. The molecule has 0 aliphatic carbocycles. The lowest BCUT2D eigenvalue weighted by Crippen LogP contribution is -2.35. The molecule has 2 N–H and O–H groups in total. The molecule has 0 aromatic carbocycles. The third-order valence-corrected chi connectivity index (χ3v) is 4.55. The van der Waals surface area contributed by atoms with E-state index < -0.39 is 30.9 Å². The van der Waals surface area contributed by atoms with Crippen LogP contribution in [0.3, 0.4) is 0 Å². The number of aliphatic hydroxyl groups is 1. The van der Waals surface area contributed by atoms with Crippen LogP contribution in [-0.4, -0.2) is 62.4 Å². The van der Waals surface area contributed by atoms with Gasteiger partial charge in [0.25, 0.3) is 5.91 Å². The van der Waals surface area contributed by atoms with Gasteiger partial charge in [0.1, 0.15) is 17.3 Å². The molecule has 3 heterocycles. The van der Waals surface area contributed by atoms with E-state index in [0.717, 1.165) is 0 Å². The Bertz CT molecular complexity index is 1110. The Morgan fingerprint density at radius 1 is 1.38 bits per heavy atom. The molecule has 0 saturated carbocycles. The first-order valence-electron chi connectivity index (χ1n) is 9.30. The minimum Gasteiger partial charge on any atom is -0.473 e. The molecule has 1 amide bonds. The van der Waals surface area contributed by atoms with Gasteiger partial charge in [-0.05, 0) is 24.6 Å². The topological polar surface area (TPSA) is 102 Å². The highest BCUT2D eigenvalue weighted by Crippen LogP contribution is 2.27. The van der Waals surface area contributed by atoms with Crippen LogP contribution in [0.1, 0.15) is 23.0 Å². The molecule has 2 atom stereocenters. The first kappa shape index (κ1) is 23.7. The second-order valence-electron chi connectivity index (χ2n) is 6.93. The molecule has 0 unspecified atom stereocenters. The monoisotopic (exact) mass is 475 g/mol. The van der Waals surface area contributed by atoms with E-state index in [1.807, 2.05) is 0 Å². The van der Waals surface area contributed by atoms with Crippen molar-refractivity contribution in [2.24, 2.45) is 0 Å². The number of hydrogen-bond donors (Lipinski definition) is 2. The summed E-state index contributed by atoms with van der Waals surface area (Å²) in [4.78, 5) is 20.3. The molecule has 0 bridgehead atoms. The summed E-state index contributed by atoms with van der Waals surface area (Å²) in [5, 5.41) is 16.5. The number of carbonyl (C=O) groups excluding carboxylic acids is 1. The fourth-order valence-electron chi connectivity index (χ4n) is 2.68. The van der Waals surface area contributed by atoms with Crippen molar-refractivity contribution >= 4 is 28.4 Å². The molecule has 3 rings (SSSR count). The van der Waals surface area contributed by atoms with Crippen molar-refractivity contribution in [3.05, 3.63) is 47.0 Å². The van der Waals surface area contributed by atoms with Crippen LogP contribution in [0.15, 0.2) is 30.7 Å². The Labute approximate surface area is 184 Å². The van der Waals surface area contributed by atoms with Gasteiger partial charge in [0.05, 0.1) is 24.1 Å². The van der Waals surface area contributed by atoms with Gasteiger partial charge in [-0.2, -0.15) is 18.3 Å². The maximum absolute atomic E-state index is 13.0. The average Bonchev–Trinajstić information content (AvgIpc) is 3.14. The number of aromatic nitrogens is 4. The zero-order valence-corrected chi connectivity index (χ0v) is 17.4. The van der Waals surface area contributed by atoms with Gasteiger partial charge in [0.15, 0.2) is 0 Å². The van der Waals surface area contributed by atoms with Crippen molar-refractivity contribution in [1.82, 2.24) is 25.1 Å². The summed E-state index contributed by atoms with van der Waals surface area (Å²) in [5.41, 5.74) is 1.18. The molecule has 0 saturated heterocycles. The van der Waals surface area contributed by atoms with Crippen LogP contribution in [0, 0.1) is 0 Å². The standard InChI is InChI=1S/C19H18ClF4N5O3/c1-10(8-30)27-17(31)16-12-7-29(28-14(12)2-3-25-16)6-11-4-13(20)18(26-5-11)32-9-15(21)19(22,23)24/h2-5,7,10,15,30H,6,8-9H2,1H3,(H,27,31)/t10-,15-/m0/s1. The molecule has 172 valence electrons. The molecule has 8 nitrogen and oxygen atoms in total. The molecule has 0 aliphatic rings. The lowest BCUT2D eigenvalue weighted by molar-refractivity contribution is -0.187. The van der Waals surface area contributed by atoms with Crippen molar-refractivity contribution < 1.29 is 32.2 Å². The highest BCUT2D eigenvalue weighted by molar-refractivity contribution is 6.31. The van der Waals surface area contributed by atoms with Crippen molar-refractivity contribution in [1.29, 1.82) is 0 Å². The Morgan fingerprint density at radius 3 is 2.78 bits per heavy atom. The number of alkyl halides is 4. The number of fused-ring (bicyclic) bond motifs is 1. The molecule has 0 aliphatic heterocycles. The van der Waals surface area contributed by atoms with Crippen molar-refractivity contribution in [2.75, 3.05) is 13.2 Å². The second-order valence-corrected chi connectivity index (χ2v) is 7.33. The number of nitrogens with one attached hydrogen (secondary N) is 1. The molecule has 13 heteroatoms. The number of amides is 1. The summed E-state index contributed by atoms with van der Waals surface area (Å²) in [6, 6.07) is 2.58. The maximum Gasteiger partial charge on any atom is 0.423 e. The molecule has 3 aromatic heterocycles. The molecular formula is C19H18ClF4N5O3. The number of nitrogens with zero attached hydrogens (tertiary/aromatic N) is 4. The van der Waals surface area contributed by atoms with Gasteiger partial charge in [-0.1, -0.05) is 11.6 Å². The molecule has 0 fully saturated rings. The second kappa shape index (κ2) is 9.65.